The Morgan fingerprint density at radius 2 is 0.960 bits per heavy atom. The van der Waals surface area contributed by atoms with Crippen LogP contribution in [0.5, 0.6) is 0 Å². The number of ether oxygens (including phenoxy) is 6. The van der Waals surface area contributed by atoms with E-state index in [4.69, 9.17) is 28.4 Å². The van der Waals surface area contributed by atoms with Crippen molar-refractivity contribution in [3.63, 3.8) is 0 Å². The minimum atomic E-state index is -0.551. The summed E-state index contributed by atoms with van der Waals surface area (Å²) in [4.78, 5) is 24.2. The second-order valence-corrected chi connectivity index (χ2v) is 13.8. The normalized spacial score (nSPS) is 11.9. The van der Waals surface area contributed by atoms with Crippen molar-refractivity contribution >= 4 is 12.1 Å². The number of nitrogens with one attached hydrogen (secondary N) is 1. The fourth-order valence-electron chi connectivity index (χ4n) is 5.74. The van der Waals surface area contributed by atoms with Crippen LogP contribution in [0, 0.1) is 0 Å². The summed E-state index contributed by atoms with van der Waals surface area (Å²) in [6, 6.07) is 0. The molecule has 0 fully saturated rings. The molecule has 298 valence electrons. The molecule has 0 aliphatic rings. The van der Waals surface area contributed by atoms with Crippen molar-refractivity contribution in [2.45, 2.75) is 187 Å². The van der Waals surface area contributed by atoms with E-state index in [2.05, 4.69) is 19.2 Å². The third-order valence-electron chi connectivity index (χ3n) is 8.92. The van der Waals surface area contributed by atoms with Crippen LogP contribution in [-0.2, 0) is 33.2 Å². The number of hydrogen-bond donors (Lipinski definition) is 1. The Balaban J connectivity index is 4.15. The van der Waals surface area contributed by atoms with E-state index in [-0.39, 0.29) is 38.3 Å². The molecule has 0 unspecified atom stereocenters. The lowest BCUT2D eigenvalue weighted by atomic mass is 10.1. The van der Waals surface area contributed by atoms with Crippen LogP contribution in [0.4, 0.5) is 4.79 Å². The molecule has 0 spiro atoms. The van der Waals surface area contributed by atoms with Gasteiger partial charge in [0.15, 0.2) is 0 Å². The summed E-state index contributed by atoms with van der Waals surface area (Å²) >= 11 is 0. The first-order valence-corrected chi connectivity index (χ1v) is 21.0. The van der Waals surface area contributed by atoms with Crippen molar-refractivity contribution in [3.8, 4) is 0 Å². The zero-order valence-electron chi connectivity index (χ0n) is 33.1. The maximum atomic E-state index is 12.4. The van der Waals surface area contributed by atoms with Gasteiger partial charge in [0.2, 0.25) is 0 Å². The largest absolute Gasteiger partial charge is 0.463 e. The average molecular weight is 716 g/mol. The van der Waals surface area contributed by atoms with E-state index in [9.17, 15) is 9.59 Å². The Bertz CT molecular complexity index is 695. The number of amides is 1. The number of rotatable bonds is 41. The van der Waals surface area contributed by atoms with Crippen LogP contribution in [-0.4, -0.2) is 84.7 Å². The summed E-state index contributed by atoms with van der Waals surface area (Å²) in [6.07, 6.45) is 31.2. The van der Waals surface area contributed by atoms with Crippen LogP contribution < -0.4 is 5.32 Å². The van der Waals surface area contributed by atoms with Crippen LogP contribution in [0.25, 0.3) is 0 Å². The van der Waals surface area contributed by atoms with Crippen molar-refractivity contribution < 1.29 is 38.0 Å². The number of methoxy groups -OCH3 is 1. The molecule has 1 amide bonds. The minimum absolute atomic E-state index is 0.0698. The van der Waals surface area contributed by atoms with Crippen molar-refractivity contribution in [2.75, 3.05) is 66.5 Å². The molecule has 0 aromatic rings. The predicted molar refractivity (Wildman–Crippen MR) is 205 cm³/mol. The van der Waals surface area contributed by atoms with Crippen LogP contribution in [0.2, 0.25) is 0 Å². The zero-order chi connectivity index (χ0) is 36.4. The highest BCUT2D eigenvalue weighted by molar-refractivity contribution is 5.71. The van der Waals surface area contributed by atoms with Gasteiger partial charge in [0.25, 0.3) is 0 Å². The third kappa shape index (κ3) is 39.4. The van der Waals surface area contributed by atoms with E-state index in [1.165, 1.54) is 135 Å². The average Bonchev–Trinajstić information content (AvgIpc) is 3.11. The Hall–Kier alpha value is -1.42. The fraction of sp³-hybridized carbons (Fsp3) is 0.951. The molecule has 0 saturated heterocycles. The van der Waals surface area contributed by atoms with Crippen molar-refractivity contribution in [1.82, 2.24) is 5.32 Å². The summed E-state index contributed by atoms with van der Waals surface area (Å²) < 4.78 is 32.9. The standard InChI is InChI=1S/C41H81NO8/c1-4-6-8-10-12-14-16-18-20-22-24-26-31-47-37-39(48-33-27-25-23-21-19-17-15-13-11-9-7-5-2)38-50-40(43)29-30-42-41(44)49-34-28-32-46-36-35-45-3/h39H,4-38H2,1-3H3,(H,42,44)/t39-/m1/s1. The highest BCUT2D eigenvalue weighted by Crippen LogP contribution is 2.14. The number of carbonyl (C=O) groups excluding carboxylic acids is 2. The van der Waals surface area contributed by atoms with Gasteiger partial charge in [-0.1, -0.05) is 155 Å². The number of esters is 1. The summed E-state index contributed by atoms with van der Waals surface area (Å²) in [5, 5.41) is 2.60. The summed E-state index contributed by atoms with van der Waals surface area (Å²) in [5.74, 6) is -0.378. The zero-order valence-corrected chi connectivity index (χ0v) is 33.1. The summed E-state index contributed by atoms with van der Waals surface area (Å²) in [7, 11) is 1.62. The molecule has 0 saturated carbocycles. The topological polar surface area (TPSA) is 102 Å². The lowest BCUT2D eigenvalue weighted by Gasteiger charge is -2.18. The van der Waals surface area contributed by atoms with E-state index in [0.29, 0.717) is 46.1 Å². The van der Waals surface area contributed by atoms with Crippen LogP contribution in [0.1, 0.15) is 181 Å². The van der Waals surface area contributed by atoms with Gasteiger partial charge in [-0.15, -0.1) is 0 Å². The molecule has 0 bridgehead atoms. The SMILES string of the molecule is CCCCCCCCCCCCCCOC[C@H](COC(=O)CCNC(=O)OCCCOCCOC)OCCCCCCCCCCCCCC. The quantitative estimate of drug-likeness (QED) is 0.0493. The van der Waals surface area contributed by atoms with Gasteiger partial charge in [-0.2, -0.15) is 0 Å². The van der Waals surface area contributed by atoms with E-state index < -0.39 is 6.09 Å². The lowest BCUT2D eigenvalue weighted by Crippen LogP contribution is -2.30. The van der Waals surface area contributed by atoms with Gasteiger partial charge >= 0.3 is 12.1 Å². The van der Waals surface area contributed by atoms with Crippen molar-refractivity contribution in [3.05, 3.63) is 0 Å². The first kappa shape index (κ1) is 48.6. The van der Waals surface area contributed by atoms with Crippen LogP contribution >= 0.6 is 0 Å². The van der Waals surface area contributed by atoms with Gasteiger partial charge in [-0.3, -0.25) is 4.79 Å². The smallest absolute Gasteiger partial charge is 0.407 e. The maximum Gasteiger partial charge on any atom is 0.407 e. The number of unbranched alkanes of at least 4 members (excludes halogenated alkanes) is 22. The molecular formula is C41H81NO8. The molecule has 9 heteroatoms. The Morgan fingerprint density at radius 3 is 1.48 bits per heavy atom. The fourth-order valence-corrected chi connectivity index (χ4v) is 5.74. The summed E-state index contributed by atoms with van der Waals surface area (Å²) in [6.45, 7) is 8.42. The molecular weight excluding hydrogens is 634 g/mol. The van der Waals surface area contributed by atoms with Gasteiger partial charge in [-0.25, -0.2) is 4.79 Å². The number of carbonyl (C=O) groups is 2. The molecule has 1 N–H and O–H groups in total. The Morgan fingerprint density at radius 1 is 0.480 bits per heavy atom. The molecule has 0 aliphatic carbocycles. The molecule has 9 nitrogen and oxygen atoms in total. The van der Waals surface area contributed by atoms with Gasteiger partial charge in [0, 0.05) is 39.9 Å². The highest BCUT2D eigenvalue weighted by atomic mass is 16.6. The predicted octanol–water partition coefficient (Wildman–Crippen LogP) is 10.5. The maximum absolute atomic E-state index is 12.4. The molecule has 0 aromatic heterocycles. The van der Waals surface area contributed by atoms with Gasteiger partial charge in [0.05, 0.1) is 32.8 Å². The third-order valence-corrected chi connectivity index (χ3v) is 8.92. The Kier molecular flexibility index (Phi) is 40.8. The number of alkyl carbamates (subject to hydrolysis) is 1. The first-order chi connectivity index (χ1) is 24.6. The Labute approximate surface area is 308 Å². The van der Waals surface area contributed by atoms with E-state index in [0.717, 1.165) is 19.3 Å². The number of hydrogen-bond acceptors (Lipinski definition) is 8. The van der Waals surface area contributed by atoms with Crippen molar-refractivity contribution in [2.24, 2.45) is 0 Å². The van der Waals surface area contributed by atoms with Crippen LogP contribution in [0.15, 0.2) is 0 Å². The van der Waals surface area contributed by atoms with E-state index >= 15 is 0 Å². The second-order valence-electron chi connectivity index (χ2n) is 13.8. The van der Waals surface area contributed by atoms with Crippen LogP contribution in [0.3, 0.4) is 0 Å². The molecule has 0 heterocycles. The lowest BCUT2D eigenvalue weighted by molar-refractivity contribution is -0.149. The highest BCUT2D eigenvalue weighted by Gasteiger charge is 2.14. The van der Waals surface area contributed by atoms with Gasteiger partial charge in [-0.05, 0) is 12.8 Å². The monoisotopic (exact) mass is 716 g/mol. The summed E-state index contributed by atoms with van der Waals surface area (Å²) in [5.41, 5.74) is 0. The van der Waals surface area contributed by atoms with E-state index in [1.807, 2.05) is 0 Å². The minimum Gasteiger partial charge on any atom is -0.463 e. The van der Waals surface area contributed by atoms with Crippen molar-refractivity contribution in [1.29, 1.82) is 0 Å². The van der Waals surface area contributed by atoms with Gasteiger partial charge < -0.3 is 33.7 Å². The van der Waals surface area contributed by atoms with E-state index in [1.54, 1.807) is 7.11 Å². The molecule has 50 heavy (non-hydrogen) atoms. The molecule has 1 atom stereocenters. The van der Waals surface area contributed by atoms with Gasteiger partial charge in [0.1, 0.15) is 12.7 Å². The molecule has 0 aliphatic heterocycles. The molecule has 0 rings (SSSR count). The molecule has 0 aromatic carbocycles. The molecule has 0 radical (unpaired) electrons. The second kappa shape index (κ2) is 42.0. The first-order valence-electron chi connectivity index (χ1n) is 21.0.